The van der Waals surface area contributed by atoms with Crippen LogP contribution in [0.15, 0.2) is 81.6 Å². The Kier molecular flexibility index (Phi) is 5.93. The van der Waals surface area contributed by atoms with Crippen LogP contribution in [0.2, 0.25) is 0 Å². The number of aromatic nitrogens is 4. The molecule has 36 heavy (non-hydrogen) atoms. The van der Waals surface area contributed by atoms with E-state index in [-0.39, 0.29) is 11.8 Å². The van der Waals surface area contributed by atoms with E-state index in [2.05, 4.69) is 53.3 Å². The third-order valence-corrected chi connectivity index (χ3v) is 5.78. The molecule has 0 aliphatic heterocycles. The molecule has 0 unspecified atom stereocenters. The Morgan fingerprint density at radius 2 is 0.972 bits per heavy atom. The number of aliphatic carboxylic acids is 1. The van der Waals surface area contributed by atoms with Crippen molar-refractivity contribution in [3.63, 3.8) is 0 Å². The third-order valence-electron chi connectivity index (χ3n) is 5.78. The molecule has 0 saturated heterocycles. The molecule has 0 aliphatic rings. The summed E-state index contributed by atoms with van der Waals surface area (Å²) in [7, 11) is 0. The Hall–Kier alpha value is -4.59. The Balaban J connectivity index is 1.31. The first-order valence-corrected chi connectivity index (χ1v) is 11.5. The number of carboxylic acid groups (broad SMARTS) is 1. The molecule has 2 heterocycles. The van der Waals surface area contributed by atoms with Gasteiger partial charge in [0.2, 0.25) is 23.6 Å². The van der Waals surface area contributed by atoms with Crippen molar-refractivity contribution in [2.75, 3.05) is 0 Å². The second-order valence-corrected chi connectivity index (χ2v) is 9.50. The summed E-state index contributed by atoms with van der Waals surface area (Å²) < 4.78 is 11.7. The molecule has 0 spiro atoms. The lowest BCUT2D eigenvalue weighted by molar-refractivity contribution is -0.136. The average molecular weight is 481 g/mol. The summed E-state index contributed by atoms with van der Waals surface area (Å²) in [6.45, 7) is 6.52. The first-order valence-electron chi connectivity index (χ1n) is 11.5. The molecule has 8 nitrogen and oxygen atoms in total. The van der Waals surface area contributed by atoms with E-state index in [4.69, 9.17) is 13.9 Å². The van der Waals surface area contributed by atoms with Crippen molar-refractivity contribution in [3.05, 3.63) is 83.9 Å². The Morgan fingerprint density at radius 3 is 1.31 bits per heavy atom. The Bertz CT molecular complexity index is 1490. The van der Waals surface area contributed by atoms with E-state index in [1.165, 1.54) is 5.56 Å². The summed E-state index contributed by atoms with van der Waals surface area (Å²) in [5.74, 6) is 0.735. The van der Waals surface area contributed by atoms with Gasteiger partial charge in [0, 0.05) is 22.3 Å². The number of carbonyl (C=O) groups is 1. The lowest BCUT2D eigenvalue weighted by atomic mass is 9.87. The van der Waals surface area contributed by atoms with Gasteiger partial charge in [-0.1, -0.05) is 45.0 Å². The van der Waals surface area contributed by atoms with Gasteiger partial charge in [-0.25, -0.2) is 0 Å². The molecule has 0 bridgehead atoms. The standard InChI is InChI=1S/C28H24N4O4/c1-28(2,3)22-14-12-21(13-15-22)27-32-31-26(36-27)20-10-8-19(9-11-20)25-30-29-24(35-25)18-6-4-17(5-7-18)16-23(33)34/h4-15H,16H2,1-3H3,(H,33,34). The van der Waals surface area contributed by atoms with E-state index in [1.54, 1.807) is 24.3 Å². The number of rotatable bonds is 6. The summed E-state index contributed by atoms with van der Waals surface area (Å²) >= 11 is 0. The van der Waals surface area contributed by atoms with Crippen molar-refractivity contribution in [2.24, 2.45) is 0 Å². The monoisotopic (exact) mass is 480 g/mol. The minimum Gasteiger partial charge on any atom is -0.481 e. The smallest absolute Gasteiger partial charge is 0.307 e. The second-order valence-electron chi connectivity index (χ2n) is 9.50. The maximum absolute atomic E-state index is 10.9. The van der Waals surface area contributed by atoms with Crippen molar-refractivity contribution in [3.8, 4) is 45.8 Å². The highest BCUT2D eigenvalue weighted by Crippen LogP contribution is 2.29. The first kappa shape index (κ1) is 23.2. The van der Waals surface area contributed by atoms with Crippen LogP contribution in [0, 0.1) is 0 Å². The summed E-state index contributed by atoms with van der Waals surface area (Å²) in [5.41, 5.74) is 5.12. The van der Waals surface area contributed by atoms with Crippen LogP contribution in [0.4, 0.5) is 0 Å². The third kappa shape index (κ3) is 4.93. The fourth-order valence-electron chi connectivity index (χ4n) is 3.72. The van der Waals surface area contributed by atoms with Gasteiger partial charge in [-0.15, -0.1) is 20.4 Å². The number of hydrogen-bond donors (Lipinski definition) is 1. The van der Waals surface area contributed by atoms with E-state index in [9.17, 15) is 4.79 Å². The van der Waals surface area contributed by atoms with Crippen molar-refractivity contribution in [2.45, 2.75) is 32.6 Å². The van der Waals surface area contributed by atoms with E-state index in [1.807, 2.05) is 36.4 Å². The van der Waals surface area contributed by atoms with Gasteiger partial charge >= 0.3 is 5.97 Å². The SMILES string of the molecule is CC(C)(C)c1ccc(-c2nnc(-c3ccc(-c4nnc(-c5ccc(CC(=O)O)cc5)o4)cc3)o2)cc1. The first-order chi connectivity index (χ1) is 17.3. The van der Waals surface area contributed by atoms with Gasteiger partial charge in [-0.05, 0) is 65.1 Å². The number of carboxylic acids is 1. The lowest BCUT2D eigenvalue weighted by Crippen LogP contribution is -2.10. The summed E-state index contributed by atoms with van der Waals surface area (Å²) in [6.07, 6.45) is -0.0350. The normalized spacial score (nSPS) is 11.5. The van der Waals surface area contributed by atoms with Gasteiger partial charge in [-0.2, -0.15) is 0 Å². The molecule has 1 N–H and O–H groups in total. The zero-order chi connectivity index (χ0) is 25.3. The highest BCUT2D eigenvalue weighted by molar-refractivity contribution is 5.70. The van der Waals surface area contributed by atoms with E-state index < -0.39 is 5.97 Å². The van der Waals surface area contributed by atoms with Crippen LogP contribution in [-0.2, 0) is 16.6 Å². The van der Waals surface area contributed by atoms with Crippen LogP contribution in [0.1, 0.15) is 31.9 Å². The maximum atomic E-state index is 10.9. The van der Waals surface area contributed by atoms with E-state index in [0.717, 1.165) is 16.7 Å². The molecule has 0 fully saturated rings. The topological polar surface area (TPSA) is 115 Å². The van der Waals surface area contributed by atoms with Crippen LogP contribution in [0.25, 0.3) is 45.8 Å². The number of nitrogens with zero attached hydrogens (tertiary/aromatic N) is 4. The second kappa shape index (κ2) is 9.22. The molecule has 5 rings (SSSR count). The predicted molar refractivity (Wildman–Crippen MR) is 134 cm³/mol. The predicted octanol–water partition coefficient (Wildman–Crippen LogP) is 6.05. The Labute approximate surface area is 207 Å². The van der Waals surface area contributed by atoms with Gasteiger partial charge in [0.15, 0.2) is 0 Å². The molecule has 5 aromatic rings. The molecule has 8 heteroatoms. The molecular formula is C28H24N4O4. The van der Waals surface area contributed by atoms with Gasteiger partial charge in [-0.3, -0.25) is 4.79 Å². The van der Waals surface area contributed by atoms with Crippen LogP contribution in [0.3, 0.4) is 0 Å². The molecule has 0 amide bonds. The lowest BCUT2D eigenvalue weighted by Gasteiger charge is -2.18. The minimum atomic E-state index is -0.877. The highest BCUT2D eigenvalue weighted by atomic mass is 16.4. The van der Waals surface area contributed by atoms with Crippen molar-refractivity contribution >= 4 is 5.97 Å². The summed E-state index contributed by atoms with van der Waals surface area (Å²) in [5, 5.41) is 25.6. The van der Waals surface area contributed by atoms with Gasteiger partial charge in [0.1, 0.15) is 0 Å². The highest BCUT2D eigenvalue weighted by Gasteiger charge is 2.16. The zero-order valence-corrected chi connectivity index (χ0v) is 20.1. The molecule has 180 valence electrons. The van der Waals surface area contributed by atoms with Gasteiger partial charge in [0.05, 0.1) is 6.42 Å². The fourth-order valence-corrected chi connectivity index (χ4v) is 3.72. The van der Waals surface area contributed by atoms with Crippen LogP contribution in [0.5, 0.6) is 0 Å². The van der Waals surface area contributed by atoms with Gasteiger partial charge < -0.3 is 13.9 Å². The van der Waals surface area contributed by atoms with Crippen LogP contribution in [-0.4, -0.2) is 31.5 Å². The number of benzene rings is 3. The molecule has 0 aliphatic carbocycles. The van der Waals surface area contributed by atoms with Crippen molar-refractivity contribution in [1.29, 1.82) is 0 Å². The minimum absolute atomic E-state index is 0.0350. The molecule has 0 saturated carbocycles. The van der Waals surface area contributed by atoms with Gasteiger partial charge in [0.25, 0.3) is 0 Å². The van der Waals surface area contributed by atoms with E-state index in [0.29, 0.717) is 34.7 Å². The van der Waals surface area contributed by atoms with E-state index >= 15 is 0 Å². The Morgan fingerprint density at radius 1 is 0.639 bits per heavy atom. The molecule has 2 aromatic heterocycles. The molecule has 0 atom stereocenters. The molecule has 0 radical (unpaired) electrons. The average Bonchev–Trinajstić information content (AvgIpc) is 3.55. The largest absolute Gasteiger partial charge is 0.481 e. The maximum Gasteiger partial charge on any atom is 0.307 e. The van der Waals surface area contributed by atoms with Crippen molar-refractivity contribution < 1.29 is 18.7 Å². The molecular weight excluding hydrogens is 456 g/mol. The van der Waals surface area contributed by atoms with Crippen LogP contribution < -0.4 is 0 Å². The molecule has 3 aromatic carbocycles. The summed E-state index contributed by atoms with van der Waals surface area (Å²) in [6, 6.07) is 22.6. The quantitative estimate of drug-likeness (QED) is 0.312. The zero-order valence-electron chi connectivity index (χ0n) is 20.1. The van der Waals surface area contributed by atoms with Crippen molar-refractivity contribution in [1.82, 2.24) is 20.4 Å². The summed E-state index contributed by atoms with van der Waals surface area (Å²) in [4.78, 5) is 10.9. The number of hydrogen-bond acceptors (Lipinski definition) is 7. The fraction of sp³-hybridized carbons (Fsp3) is 0.179. The van der Waals surface area contributed by atoms with Crippen LogP contribution >= 0.6 is 0 Å².